The van der Waals surface area contributed by atoms with E-state index in [9.17, 15) is 18.0 Å². The first-order chi connectivity index (χ1) is 20.7. The van der Waals surface area contributed by atoms with E-state index in [4.69, 9.17) is 0 Å². The molecule has 7 nitrogen and oxygen atoms in total. The van der Waals surface area contributed by atoms with Gasteiger partial charge in [-0.3, -0.25) is 13.9 Å². The third-order valence-corrected chi connectivity index (χ3v) is 8.93. The number of hydrogen-bond donors (Lipinski definition) is 1. The van der Waals surface area contributed by atoms with E-state index in [-0.39, 0.29) is 29.8 Å². The van der Waals surface area contributed by atoms with Gasteiger partial charge in [0.25, 0.3) is 10.0 Å². The summed E-state index contributed by atoms with van der Waals surface area (Å²) in [7, 11) is -4.11. The molecule has 1 N–H and O–H groups in total. The standard InChI is InChI=1S/C35H39N3O4S/c1-4-28-20-22-31(23-21-28)38(43(41,42)32-18-12-7-13-19-32)26-34(39)37(25-30-16-10-6-11-17-30)33(35(40)36-27(2)3)24-29-14-8-5-9-15-29/h5-23,27,33H,4,24-26H2,1-3H3,(H,36,40)/t33-/m1/s1. The van der Waals surface area contributed by atoms with E-state index in [0.717, 1.165) is 27.4 Å². The highest BCUT2D eigenvalue weighted by Crippen LogP contribution is 2.25. The lowest BCUT2D eigenvalue weighted by atomic mass is 10.0. The summed E-state index contributed by atoms with van der Waals surface area (Å²) in [5.41, 5.74) is 3.14. The van der Waals surface area contributed by atoms with Crippen LogP contribution in [0.15, 0.2) is 120 Å². The predicted molar refractivity (Wildman–Crippen MR) is 171 cm³/mol. The first-order valence-corrected chi connectivity index (χ1v) is 16.0. The van der Waals surface area contributed by atoms with E-state index in [1.54, 1.807) is 30.3 Å². The minimum atomic E-state index is -4.11. The average Bonchev–Trinajstić information content (AvgIpc) is 3.02. The highest BCUT2D eigenvalue weighted by molar-refractivity contribution is 7.92. The summed E-state index contributed by atoms with van der Waals surface area (Å²) >= 11 is 0. The van der Waals surface area contributed by atoms with Gasteiger partial charge in [-0.2, -0.15) is 0 Å². The number of carbonyl (C=O) groups excluding carboxylic acids is 2. The monoisotopic (exact) mass is 597 g/mol. The first-order valence-electron chi connectivity index (χ1n) is 14.5. The number of nitrogens with one attached hydrogen (secondary N) is 1. The summed E-state index contributed by atoms with van der Waals surface area (Å²) < 4.78 is 29.2. The van der Waals surface area contributed by atoms with Crippen LogP contribution in [0.1, 0.15) is 37.5 Å². The molecule has 4 aromatic carbocycles. The van der Waals surface area contributed by atoms with Gasteiger partial charge in [0, 0.05) is 19.0 Å². The van der Waals surface area contributed by atoms with Crippen molar-refractivity contribution in [2.75, 3.05) is 10.8 Å². The molecule has 0 saturated carbocycles. The van der Waals surface area contributed by atoms with Crippen molar-refractivity contribution in [2.45, 2.75) is 57.1 Å². The highest BCUT2D eigenvalue weighted by Gasteiger charge is 2.34. The van der Waals surface area contributed by atoms with Crippen LogP contribution >= 0.6 is 0 Å². The molecule has 0 aromatic heterocycles. The summed E-state index contributed by atoms with van der Waals surface area (Å²) in [6, 6.07) is 33.2. The number of carbonyl (C=O) groups is 2. The lowest BCUT2D eigenvalue weighted by Crippen LogP contribution is -2.54. The van der Waals surface area contributed by atoms with Gasteiger partial charge in [0.1, 0.15) is 12.6 Å². The number of nitrogens with zero attached hydrogens (tertiary/aromatic N) is 2. The van der Waals surface area contributed by atoms with Crippen LogP contribution in [0.4, 0.5) is 5.69 Å². The summed E-state index contributed by atoms with van der Waals surface area (Å²) in [5.74, 6) is -0.782. The molecular formula is C35H39N3O4S. The van der Waals surface area contributed by atoms with E-state index in [2.05, 4.69) is 5.32 Å². The zero-order valence-corrected chi connectivity index (χ0v) is 25.7. The Morgan fingerprint density at radius 1 is 0.721 bits per heavy atom. The van der Waals surface area contributed by atoms with Crippen LogP contribution < -0.4 is 9.62 Å². The van der Waals surface area contributed by atoms with Crippen LogP contribution in [0.5, 0.6) is 0 Å². The lowest BCUT2D eigenvalue weighted by molar-refractivity contribution is -0.140. The molecule has 0 aliphatic heterocycles. The van der Waals surface area contributed by atoms with Crippen molar-refractivity contribution in [3.63, 3.8) is 0 Å². The number of aryl methyl sites for hydroxylation is 1. The number of rotatable bonds is 13. The minimum Gasteiger partial charge on any atom is -0.352 e. The van der Waals surface area contributed by atoms with E-state index in [1.165, 1.54) is 17.0 Å². The zero-order valence-electron chi connectivity index (χ0n) is 24.9. The van der Waals surface area contributed by atoms with Gasteiger partial charge in [0.05, 0.1) is 10.6 Å². The largest absolute Gasteiger partial charge is 0.352 e. The van der Waals surface area contributed by atoms with Gasteiger partial charge in [-0.05, 0) is 61.2 Å². The predicted octanol–water partition coefficient (Wildman–Crippen LogP) is 5.61. The number of anilines is 1. The Morgan fingerprint density at radius 3 is 1.79 bits per heavy atom. The molecule has 0 spiro atoms. The van der Waals surface area contributed by atoms with Gasteiger partial charge in [0.15, 0.2) is 0 Å². The van der Waals surface area contributed by atoms with Crippen molar-refractivity contribution in [1.29, 1.82) is 0 Å². The molecule has 1 atom stereocenters. The number of benzene rings is 4. The van der Waals surface area contributed by atoms with Crippen LogP contribution in [0.25, 0.3) is 0 Å². The first kappa shape index (κ1) is 31.5. The second-order valence-electron chi connectivity index (χ2n) is 10.7. The fraction of sp³-hybridized carbons (Fsp3) is 0.257. The fourth-order valence-electron chi connectivity index (χ4n) is 4.86. The van der Waals surface area contributed by atoms with Gasteiger partial charge >= 0.3 is 0 Å². The zero-order chi connectivity index (χ0) is 30.8. The van der Waals surface area contributed by atoms with Crippen LogP contribution in [0, 0.1) is 0 Å². The van der Waals surface area contributed by atoms with Gasteiger partial charge in [-0.1, -0.05) is 97.9 Å². The minimum absolute atomic E-state index is 0.0790. The maximum atomic E-state index is 14.4. The highest BCUT2D eigenvalue weighted by atomic mass is 32.2. The molecule has 43 heavy (non-hydrogen) atoms. The number of amides is 2. The smallest absolute Gasteiger partial charge is 0.264 e. The maximum Gasteiger partial charge on any atom is 0.264 e. The third kappa shape index (κ3) is 8.32. The molecule has 2 amide bonds. The Kier molecular flexibility index (Phi) is 10.7. The molecule has 8 heteroatoms. The molecule has 0 bridgehead atoms. The van der Waals surface area contributed by atoms with E-state index < -0.39 is 28.5 Å². The van der Waals surface area contributed by atoms with Crippen molar-refractivity contribution < 1.29 is 18.0 Å². The summed E-state index contributed by atoms with van der Waals surface area (Å²) in [4.78, 5) is 29.7. The average molecular weight is 598 g/mol. The second-order valence-corrected chi connectivity index (χ2v) is 12.6. The SMILES string of the molecule is CCc1ccc(N(CC(=O)N(Cc2ccccc2)[C@H](Cc2ccccc2)C(=O)NC(C)C)S(=O)(=O)c2ccccc2)cc1. The van der Waals surface area contributed by atoms with Crippen molar-refractivity contribution >= 4 is 27.5 Å². The Morgan fingerprint density at radius 2 is 1.26 bits per heavy atom. The summed E-state index contributed by atoms with van der Waals surface area (Å²) in [5, 5.41) is 2.97. The molecule has 0 radical (unpaired) electrons. The van der Waals surface area contributed by atoms with Gasteiger partial charge in [0.2, 0.25) is 11.8 Å². The maximum absolute atomic E-state index is 14.4. The van der Waals surface area contributed by atoms with Crippen LogP contribution in [0.2, 0.25) is 0 Å². The van der Waals surface area contributed by atoms with Gasteiger partial charge in [-0.15, -0.1) is 0 Å². The lowest BCUT2D eigenvalue weighted by Gasteiger charge is -2.34. The van der Waals surface area contributed by atoms with Crippen LogP contribution in [-0.4, -0.2) is 43.8 Å². The quantitative estimate of drug-likeness (QED) is 0.217. The Bertz CT molecular complexity index is 1580. The van der Waals surface area contributed by atoms with Crippen molar-refractivity contribution in [1.82, 2.24) is 10.2 Å². The topological polar surface area (TPSA) is 86.8 Å². The summed E-state index contributed by atoms with van der Waals surface area (Å²) in [6.45, 7) is 5.42. The molecule has 0 heterocycles. The molecule has 0 aliphatic rings. The van der Waals surface area contributed by atoms with Crippen molar-refractivity contribution in [3.8, 4) is 0 Å². The van der Waals surface area contributed by atoms with E-state index >= 15 is 0 Å². The van der Waals surface area contributed by atoms with Gasteiger partial charge in [-0.25, -0.2) is 8.42 Å². The molecule has 0 fully saturated rings. The number of sulfonamides is 1. The molecule has 224 valence electrons. The molecule has 4 rings (SSSR count). The Balaban J connectivity index is 1.78. The third-order valence-electron chi connectivity index (χ3n) is 7.14. The molecule has 0 aliphatic carbocycles. The number of hydrogen-bond acceptors (Lipinski definition) is 4. The molecule has 0 saturated heterocycles. The Hall–Kier alpha value is -4.43. The second kappa shape index (κ2) is 14.6. The Labute approximate surface area is 255 Å². The van der Waals surface area contributed by atoms with E-state index in [1.807, 2.05) is 93.6 Å². The molecular weight excluding hydrogens is 558 g/mol. The van der Waals surface area contributed by atoms with Crippen molar-refractivity contribution in [2.24, 2.45) is 0 Å². The molecule has 0 unspecified atom stereocenters. The molecule has 4 aromatic rings. The van der Waals surface area contributed by atoms with Crippen molar-refractivity contribution in [3.05, 3.63) is 132 Å². The summed E-state index contributed by atoms with van der Waals surface area (Å²) in [6.07, 6.45) is 1.07. The fourth-order valence-corrected chi connectivity index (χ4v) is 6.30. The van der Waals surface area contributed by atoms with Crippen LogP contribution in [0.3, 0.4) is 0 Å². The van der Waals surface area contributed by atoms with Gasteiger partial charge < -0.3 is 10.2 Å². The van der Waals surface area contributed by atoms with E-state index in [0.29, 0.717) is 5.69 Å². The normalized spacial score (nSPS) is 12.0. The van der Waals surface area contributed by atoms with Crippen LogP contribution in [-0.2, 0) is 39.0 Å².